The summed E-state index contributed by atoms with van der Waals surface area (Å²) in [6.45, 7) is -0.136. The average Bonchev–Trinajstić information content (AvgIpc) is 2.80. The summed E-state index contributed by atoms with van der Waals surface area (Å²) in [5.74, 6) is 0.174. The first-order valence-corrected chi connectivity index (χ1v) is 6.19. The summed E-state index contributed by atoms with van der Waals surface area (Å²) in [6, 6.07) is 9.29. The van der Waals surface area contributed by atoms with Crippen molar-refractivity contribution in [2.24, 2.45) is 7.05 Å². The zero-order valence-electron chi connectivity index (χ0n) is 11.1. The number of aromatic nitrogens is 2. The molecule has 0 aliphatic heterocycles. The van der Waals surface area contributed by atoms with E-state index in [1.807, 2.05) is 30.3 Å². The first kappa shape index (κ1) is 14.0. The van der Waals surface area contributed by atoms with Crippen molar-refractivity contribution in [3.63, 3.8) is 0 Å². The third kappa shape index (κ3) is 3.33. The van der Waals surface area contributed by atoms with Crippen LogP contribution >= 0.6 is 0 Å². The largest absolute Gasteiger partial charge is 0.394 e. The van der Waals surface area contributed by atoms with E-state index in [-0.39, 0.29) is 24.2 Å². The Kier molecular flexibility index (Phi) is 4.31. The standard InChI is InChI=1S/C13H16N4O3/c1-16-8-12(17(19)20)13(15-16)14-11(9-18)7-10-5-3-2-4-6-10/h2-6,8,11,18H,7,9H2,1H3,(H,14,15). The number of aryl methyl sites for hydroxylation is 1. The van der Waals surface area contributed by atoms with Gasteiger partial charge >= 0.3 is 5.69 Å². The fourth-order valence-corrected chi connectivity index (χ4v) is 1.97. The van der Waals surface area contributed by atoms with Crippen molar-refractivity contribution in [1.29, 1.82) is 0 Å². The smallest absolute Gasteiger partial charge is 0.330 e. The van der Waals surface area contributed by atoms with Crippen LogP contribution in [0.5, 0.6) is 0 Å². The molecular weight excluding hydrogens is 260 g/mol. The van der Waals surface area contributed by atoms with Crippen LogP contribution in [0.4, 0.5) is 11.5 Å². The van der Waals surface area contributed by atoms with Crippen molar-refractivity contribution in [3.8, 4) is 0 Å². The number of nitrogens with zero attached hydrogens (tertiary/aromatic N) is 3. The van der Waals surface area contributed by atoms with Crippen LogP contribution in [0.3, 0.4) is 0 Å². The Balaban J connectivity index is 2.12. The van der Waals surface area contributed by atoms with Crippen LogP contribution in [0.1, 0.15) is 5.56 Å². The second kappa shape index (κ2) is 6.16. The van der Waals surface area contributed by atoms with Crippen LogP contribution in [0.2, 0.25) is 0 Å². The summed E-state index contributed by atoms with van der Waals surface area (Å²) in [5.41, 5.74) is 0.941. The van der Waals surface area contributed by atoms with E-state index < -0.39 is 4.92 Å². The SMILES string of the molecule is Cn1cc([N+](=O)[O-])c(NC(CO)Cc2ccccc2)n1. The van der Waals surface area contributed by atoms with Gasteiger partial charge in [-0.05, 0) is 12.0 Å². The highest BCUT2D eigenvalue weighted by Gasteiger charge is 2.21. The van der Waals surface area contributed by atoms with E-state index in [2.05, 4.69) is 10.4 Å². The highest BCUT2D eigenvalue weighted by molar-refractivity contribution is 5.55. The molecule has 1 aromatic heterocycles. The molecule has 0 saturated carbocycles. The van der Waals surface area contributed by atoms with Crippen molar-refractivity contribution in [1.82, 2.24) is 9.78 Å². The van der Waals surface area contributed by atoms with Crippen LogP contribution in [-0.4, -0.2) is 32.5 Å². The van der Waals surface area contributed by atoms with Gasteiger partial charge in [0.15, 0.2) is 0 Å². The first-order chi connectivity index (χ1) is 9.60. The zero-order chi connectivity index (χ0) is 14.5. The number of rotatable bonds is 6. The molecule has 20 heavy (non-hydrogen) atoms. The normalized spacial score (nSPS) is 12.1. The van der Waals surface area contributed by atoms with Crippen molar-refractivity contribution in [2.75, 3.05) is 11.9 Å². The molecular formula is C13H16N4O3. The van der Waals surface area contributed by atoms with Gasteiger partial charge in [-0.25, -0.2) is 0 Å². The number of aliphatic hydroxyl groups excluding tert-OH is 1. The molecule has 0 saturated heterocycles. The minimum Gasteiger partial charge on any atom is -0.394 e. The van der Waals surface area contributed by atoms with Gasteiger partial charge in [0.05, 0.1) is 17.6 Å². The molecule has 1 aromatic carbocycles. The minimum atomic E-state index is -0.494. The predicted octanol–water partition coefficient (Wildman–Crippen LogP) is 1.34. The number of aliphatic hydroxyl groups is 1. The van der Waals surface area contributed by atoms with E-state index in [4.69, 9.17) is 0 Å². The fourth-order valence-electron chi connectivity index (χ4n) is 1.97. The van der Waals surface area contributed by atoms with Gasteiger partial charge in [0.25, 0.3) is 0 Å². The lowest BCUT2D eigenvalue weighted by molar-refractivity contribution is -0.384. The minimum absolute atomic E-state index is 0.0981. The average molecular weight is 276 g/mol. The van der Waals surface area contributed by atoms with Crippen molar-refractivity contribution < 1.29 is 10.0 Å². The lowest BCUT2D eigenvalue weighted by Crippen LogP contribution is -2.27. The predicted molar refractivity (Wildman–Crippen MR) is 74.5 cm³/mol. The van der Waals surface area contributed by atoms with Crippen molar-refractivity contribution in [2.45, 2.75) is 12.5 Å². The summed E-state index contributed by atoms with van der Waals surface area (Å²) in [6.07, 6.45) is 1.89. The van der Waals surface area contributed by atoms with Crippen LogP contribution in [0.25, 0.3) is 0 Å². The molecule has 0 aliphatic rings. The molecule has 7 heteroatoms. The highest BCUT2D eigenvalue weighted by atomic mass is 16.6. The van der Waals surface area contributed by atoms with Gasteiger partial charge in [-0.2, -0.15) is 0 Å². The summed E-state index contributed by atoms with van der Waals surface area (Å²) < 4.78 is 1.37. The van der Waals surface area contributed by atoms with Crippen LogP contribution < -0.4 is 5.32 Å². The lowest BCUT2D eigenvalue weighted by atomic mass is 10.1. The molecule has 0 aliphatic carbocycles. The van der Waals surface area contributed by atoms with Gasteiger partial charge in [-0.1, -0.05) is 30.3 Å². The summed E-state index contributed by atoms with van der Waals surface area (Å²) in [4.78, 5) is 10.4. The molecule has 0 spiro atoms. The molecule has 1 atom stereocenters. The summed E-state index contributed by atoms with van der Waals surface area (Å²) in [5, 5.41) is 27.3. The van der Waals surface area contributed by atoms with Gasteiger partial charge in [0.1, 0.15) is 6.20 Å². The number of hydrogen-bond acceptors (Lipinski definition) is 5. The van der Waals surface area contributed by atoms with E-state index in [1.54, 1.807) is 7.05 Å². The molecule has 7 nitrogen and oxygen atoms in total. The summed E-state index contributed by atoms with van der Waals surface area (Å²) in [7, 11) is 1.61. The van der Waals surface area contributed by atoms with E-state index in [1.165, 1.54) is 10.9 Å². The Hall–Kier alpha value is -2.41. The molecule has 0 bridgehead atoms. The maximum absolute atomic E-state index is 10.9. The number of benzene rings is 1. The van der Waals surface area contributed by atoms with Crippen molar-refractivity contribution >= 4 is 11.5 Å². The molecule has 1 unspecified atom stereocenters. The second-order valence-corrected chi connectivity index (χ2v) is 4.51. The Bertz CT molecular complexity index is 583. The summed E-state index contributed by atoms with van der Waals surface area (Å²) >= 11 is 0. The Morgan fingerprint density at radius 2 is 2.15 bits per heavy atom. The third-order valence-corrected chi connectivity index (χ3v) is 2.89. The van der Waals surface area contributed by atoms with Crippen LogP contribution in [0.15, 0.2) is 36.5 Å². The maximum atomic E-state index is 10.9. The Morgan fingerprint density at radius 3 is 2.75 bits per heavy atom. The fraction of sp³-hybridized carbons (Fsp3) is 0.308. The molecule has 106 valence electrons. The number of nitro groups is 1. The molecule has 0 amide bonds. The molecule has 2 rings (SSSR count). The Labute approximate surface area is 116 Å². The van der Waals surface area contributed by atoms with Gasteiger partial charge in [-0.3, -0.25) is 14.8 Å². The van der Waals surface area contributed by atoms with E-state index in [0.717, 1.165) is 5.56 Å². The highest BCUT2D eigenvalue weighted by Crippen LogP contribution is 2.22. The lowest BCUT2D eigenvalue weighted by Gasteiger charge is -2.15. The molecule has 2 aromatic rings. The molecule has 0 radical (unpaired) electrons. The first-order valence-electron chi connectivity index (χ1n) is 6.19. The van der Waals surface area contributed by atoms with Gasteiger partial charge in [0, 0.05) is 7.05 Å². The second-order valence-electron chi connectivity index (χ2n) is 4.51. The van der Waals surface area contributed by atoms with Crippen LogP contribution in [-0.2, 0) is 13.5 Å². The zero-order valence-corrected chi connectivity index (χ0v) is 11.1. The number of anilines is 1. The quantitative estimate of drug-likeness (QED) is 0.613. The topological polar surface area (TPSA) is 93.2 Å². The van der Waals surface area contributed by atoms with E-state index in [9.17, 15) is 15.2 Å². The number of nitrogens with one attached hydrogen (secondary N) is 1. The van der Waals surface area contributed by atoms with Gasteiger partial charge in [0.2, 0.25) is 5.82 Å². The van der Waals surface area contributed by atoms with Crippen molar-refractivity contribution in [3.05, 3.63) is 52.2 Å². The van der Waals surface area contributed by atoms with E-state index in [0.29, 0.717) is 6.42 Å². The molecule has 1 heterocycles. The van der Waals surface area contributed by atoms with Crippen LogP contribution in [0, 0.1) is 10.1 Å². The molecule has 0 fully saturated rings. The monoisotopic (exact) mass is 276 g/mol. The van der Waals surface area contributed by atoms with Gasteiger partial charge in [-0.15, -0.1) is 5.10 Å². The molecule has 2 N–H and O–H groups in total. The number of hydrogen-bond donors (Lipinski definition) is 2. The van der Waals surface area contributed by atoms with Gasteiger partial charge < -0.3 is 10.4 Å². The maximum Gasteiger partial charge on any atom is 0.330 e. The third-order valence-electron chi connectivity index (χ3n) is 2.89. The van der Waals surface area contributed by atoms with E-state index >= 15 is 0 Å². The Morgan fingerprint density at radius 1 is 1.45 bits per heavy atom.